The number of sulfonamides is 1. The average molecular weight is 378 g/mol. The van der Waals surface area contributed by atoms with Gasteiger partial charge in [-0.05, 0) is 38.0 Å². The summed E-state index contributed by atoms with van der Waals surface area (Å²) in [5.41, 5.74) is 0. The van der Waals surface area contributed by atoms with Crippen molar-refractivity contribution < 1.29 is 27.8 Å². The highest BCUT2D eigenvalue weighted by Crippen LogP contribution is 2.30. The lowest BCUT2D eigenvalue weighted by atomic mass is 10.1. The van der Waals surface area contributed by atoms with Gasteiger partial charge in [-0.25, -0.2) is 13.2 Å². The first-order valence-corrected chi connectivity index (χ1v) is 9.42. The number of benzene rings is 1. The number of hydrogen-bond acceptors (Lipinski definition) is 5. The molecule has 9 heteroatoms. The minimum Gasteiger partial charge on any atom is -0.480 e. The quantitative estimate of drug-likeness (QED) is 0.781. The monoisotopic (exact) mass is 377 g/mol. The van der Waals surface area contributed by atoms with Crippen LogP contribution in [-0.2, 0) is 19.6 Å². The summed E-state index contributed by atoms with van der Waals surface area (Å²) >= 11 is 6.01. The van der Waals surface area contributed by atoms with E-state index in [4.69, 9.17) is 26.2 Å². The Bertz CT molecular complexity index is 691. The lowest BCUT2D eigenvalue weighted by Gasteiger charge is -2.31. The Hall–Kier alpha value is -1.35. The second kappa shape index (κ2) is 8.15. The third-order valence-corrected chi connectivity index (χ3v) is 5.79. The van der Waals surface area contributed by atoms with E-state index in [0.29, 0.717) is 19.7 Å². The molecule has 0 bridgehead atoms. The molecule has 1 saturated heterocycles. The fourth-order valence-electron chi connectivity index (χ4n) is 2.54. The van der Waals surface area contributed by atoms with Crippen LogP contribution in [-0.4, -0.2) is 56.2 Å². The molecule has 1 aromatic rings. The topological polar surface area (TPSA) is 93.1 Å². The van der Waals surface area contributed by atoms with E-state index in [1.807, 2.05) is 6.92 Å². The Labute approximate surface area is 146 Å². The largest absolute Gasteiger partial charge is 0.480 e. The molecule has 134 valence electrons. The number of halogens is 1. The molecular weight excluding hydrogens is 358 g/mol. The number of carboxylic acid groups (broad SMARTS) is 1. The molecule has 1 fully saturated rings. The van der Waals surface area contributed by atoms with E-state index >= 15 is 0 Å². The smallest absolute Gasteiger partial charge is 0.341 e. The van der Waals surface area contributed by atoms with Crippen molar-refractivity contribution in [3.05, 3.63) is 23.2 Å². The SMILES string of the molecule is CCOC1CCCN(S(=O)(=O)c2ccc(OCC(=O)O)c(Cl)c2)C1. The van der Waals surface area contributed by atoms with Gasteiger partial charge in [0, 0.05) is 19.7 Å². The molecule has 1 heterocycles. The van der Waals surface area contributed by atoms with Crippen LogP contribution in [0.3, 0.4) is 0 Å². The maximum absolute atomic E-state index is 12.7. The van der Waals surface area contributed by atoms with Gasteiger partial charge < -0.3 is 14.6 Å². The van der Waals surface area contributed by atoms with Crippen LogP contribution in [0.5, 0.6) is 5.75 Å². The van der Waals surface area contributed by atoms with Gasteiger partial charge in [0.25, 0.3) is 0 Å². The van der Waals surface area contributed by atoms with Gasteiger partial charge in [-0.2, -0.15) is 4.31 Å². The van der Waals surface area contributed by atoms with Crippen LogP contribution >= 0.6 is 11.6 Å². The molecule has 1 aromatic carbocycles. The van der Waals surface area contributed by atoms with Crippen molar-refractivity contribution in [2.24, 2.45) is 0 Å². The van der Waals surface area contributed by atoms with Crippen LogP contribution in [0.4, 0.5) is 0 Å². The fraction of sp³-hybridized carbons (Fsp3) is 0.533. The van der Waals surface area contributed by atoms with Gasteiger partial charge >= 0.3 is 5.97 Å². The van der Waals surface area contributed by atoms with Crippen LogP contribution in [0.2, 0.25) is 5.02 Å². The molecule has 1 aliphatic heterocycles. The van der Waals surface area contributed by atoms with Crippen LogP contribution in [0, 0.1) is 0 Å². The van der Waals surface area contributed by atoms with Crippen molar-refractivity contribution in [2.75, 3.05) is 26.3 Å². The van der Waals surface area contributed by atoms with Crippen molar-refractivity contribution in [1.82, 2.24) is 4.31 Å². The number of piperidine rings is 1. The van der Waals surface area contributed by atoms with E-state index in [9.17, 15) is 13.2 Å². The Morgan fingerprint density at radius 1 is 1.46 bits per heavy atom. The number of rotatable bonds is 7. The first-order valence-electron chi connectivity index (χ1n) is 7.60. The number of carboxylic acids is 1. The molecule has 2 rings (SSSR count). The zero-order valence-electron chi connectivity index (χ0n) is 13.3. The fourth-order valence-corrected chi connectivity index (χ4v) is 4.38. The van der Waals surface area contributed by atoms with Crippen molar-refractivity contribution >= 4 is 27.6 Å². The highest BCUT2D eigenvalue weighted by Gasteiger charge is 2.31. The molecule has 24 heavy (non-hydrogen) atoms. The lowest BCUT2D eigenvalue weighted by molar-refractivity contribution is -0.139. The molecule has 1 unspecified atom stereocenters. The summed E-state index contributed by atoms with van der Waals surface area (Å²) in [7, 11) is -3.69. The van der Waals surface area contributed by atoms with Crippen LogP contribution in [0.1, 0.15) is 19.8 Å². The summed E-state index contributed by atoms with van der Waals surface area (Å²) in [4.78, 5) is 10.6. The molecule has 0 aliphatic carbocycles. The molecule has 0 spiro atoms. The molecule has 1 atom stereocenters. The highest BCUT2D eigenvalue weighted by molar-refractivity contribution is 7.89. The number of ether oxygens (including phenoxy) is 2. The third kappa shape index (κ3) is 4.60. The van der Waals surface area contributed by atoms with E-state index in [1.54, 1.807) is 0 Å². The lowest BCUT2D eigenvalue weighted by Crippen LogP contribution is -2.43. The summed E-state index contributed by atoms with van der Waals surface area (Å²) in [5.74, 6) is -1.01. The molecule has 7 nitrogen and oxygen atoms in total. The van der Waals surface area contributed by atoms with Gasteiger partial charge in [0.1, 0.15) is 5.75 Å². The number of aliphatic carboxylic acids is 1. The summed E-state index contributed by atoms with van der Waals surface area (Å²) in [6.45, 7) is 2.61. The Balaban J connectivity index is 2.16. The molecule has 0 saturated carbocycles. The maximum Gasteiger partial charge on any atom is 0.341 e. The van der Waals surface area contributed by atoms with Gasteiger partial charge in [-0.1, -0.05) is 11.6 Å². The molecule has 0 amide bonds. The summed E-state index contributed by atoms with van der Waals surface area (Å²) in [5, 5.41) is 8.66. The minimum absolute atomic E-state index is 0.0484. The molecule has 1 aliphatic rings. The molecule has 0 radical (unpaired) electrons. The van der Waals surface area contributed by atoms with Gasteiger partial charge in [-0.15, -0.1) is 0 Å². The van der Waals surface area contributed by atoms with Gasteiger partial charge in [0.05, 0.1) is 16.0 Å². The van der Waals surface area contributed by atoms with Crippen molar-refractivity contribution in [1.29, 1.82) is 0 Å². The summed E-state index contributed by atoms with van der Waals surface area (Å²) in [6, 6.07) is 4.00. The minimum atomic E-state index is -3.69. The predicted octanol–water partition coefficient (Wildman–Crippen LogP) is 1.99. The summed E-state index contributed by atoms with van der Waals surface area (Å²) in [6.07, 6.45) is 1.46. The van der Waals surface area contributed by atoms with Crippen LogP contribution in [0.25, 0.3) is 0 Å². The Morgan fingerprint density at radius 2 is 2.21 bits per heavy atom. The van der Waals surface area contributed by atoms with E-state index in [-0.39, 0.29) is 21.8 Å². The van der Waals surface area contributed by atoms with Crippen molar-refractivity contribution in [3.63, 3.8) is 0 Å². The standard InChI is InChI=1S/C15H20ClNO6S/c1-2-22-11-4-3-7-17(9-11)24(20,21)12-5-6-14(13(16)8-12)23-10-15(18)19/h5-6,8,11H,2-4,7,9-10H2,1H3,(H,18,19). The van der Waals surface area contributed by atoms with E-state index in [2.05, 4.69) is 0 Å². The first kappa shape index (κ1) is 19.0. The first-order chi connectivity index (χ1) is 11.3. The van der Waals surface area contributed by atoms with Crippen LogP contribution in [0.15, 0.2) is 23.1 Å². The number of hydrogen-bond donors (Lipinski definition) is 1. The van der Waals surface area contributed by atoms with E-state index < -0.39 is 22.6 Å². The zero-order chi connectivity index (χ0) is 17.7. The molecular formula is C15H20ClNO6S. The highest BCUT2D eigenvalue weighted by atomic mass is 35.5. The average Bonchev–Trinajstić information content (AvgIpc) is 2.54. The molecule has 1 N–H and O–H groups in total. The number of carbonyl (C=O) groups is 1. The normalized spacial score (nSPS) is 19.2. The van der Waals surface area contributed by atoms with E-state index in [0.717, 1.165) is 12.8 Å². The second-order valence-corrected chi connectivity index (χ2v) is 7.70. The van der Waals surface area contributed by atoms with Gasteiger partial charge in [0.15, 0.2) is 6.61 Å². The van der Waals surface area contributed by atoms with Gasteiger partial charge in [0.2, 0.25) is 10.0 Å². The van der Waals surface area contributed by atoms with E-state index in [1.165, 1.54) is 22.5 Å². The van der Waals surface area contributed by atoms with Crippen molar-refractivity contribution in [2.45, 2.75) is 30.8 Å². The maximum atomic E-state index is 12.7. The Kier molecular flexibility index (Phi) is 6.45. The predicted molar refractivity (Wildman–Crippen MR) is 88.0 cm³/mol. The van der Waals surface area contributed by atoms with Crippen LogP contribution < -0.4 is 4.74 Å². The van der Waals surface area contributed by atoms with Crippen molar-refractivity contribution in [3.8, 4) is 5.75 Å². The zero-order valence-corrected chi connectivity index (χ0v) is 14.8. The summed E-state index contributed by atoms with van der Waals surface area (Å²) < 4.78 is 37.4. The second-order valence-electron chi connectivity index (χ2n) is 5.36. The Morgan fingerprint density at radius 3 is 2.83 bits per heavy atom. The van der Waals surface area contributed by atoms with Gasteiger partial charge in [-0.3, -0.25) is 0 Å². The number of nitrogens with zero attached hydrogens (tertiary/aromatic N) is 1. The molecule has 0 aromatic heterocycles. The third-order valence-electron chi connectivity index (χ3n) is 3.64.